The van der Waals surface area contributed by atoms with Crippen LogP contribution in [0.4, 0.5) is 0 Å². The molecule has 1 heterocycles. The lowest BCUT2D eigenvalue weighted by atomic mass is 10.1. The molecule has 12 heavy (non-hydrogen) atoms. The topological polar surface area (TPSA) is 15.3 Å². The number of thiol groups is 1. The molecule has 2 nitrogen and oxygen atoms in total. The van der Waals surface area contributed by atoms with Gasteiger partial charge in [0.25, 0.3) is 0 Å². The molecule has 0 spiro atoms. The maximum Gasteiger partial charge on any atom is 0.0218 e. The van der Waals surface area contributed by atoms with Gasteiger partial charge in [0.05, 0.1) is 0 Å². The van der Waals surface area contributed by atoms with E-state index in [2.05, 4.69) is 29.9 Å². The zero-order valence-electron chi connectivity index (χ0n) is 7.92. The Labute approximate surface area is 81.1 Å². The standard InChI is InChI=1S/C9H20N2S/c1-11(6-3-7-12)9-4-2-5-10-8-9/h9-10,12H,2-8H2,1H3. The first-order valence-electron chi connectivity index (χ1n) is 4.86. The molecule has 1 unspecified atom stereocenters. The summed E-state index contributed by atoms with van der Waals surface area (Å²) in [5.74, 6) is 1.00. The Kier molecular flexibility index (Phi) is 5.04. The molecule has 0 aromatic carbocycles. The van der Waals surface area contributed by atoms with E-state index >= 15 is 0 Å². The molecular formula is C9H20N2S. The number of nitrogens with one attached hydrogen (secondary N) is 1. The van der Waals surface area contributed by atoms with Gasteiger partial charge >= 0.3 is 0 Å². The molecular weight excluding hydrogens is 168 g/mol. The van der Waals surface area contributed by atoms with Gasteiger partial charge in [-0.05, 0) is 45.2 Å². The van der Waals surface area contributed by atoms with Gasteiger partial charge in [-0.2, -0.15) is 12.6 Å². The third-order valence-corrected chi connectivity index (χ3v) is 2.88. The Morgan fingerprint density at radius 2 is 2.42 bits per heavy atom. The van der Waals surface area contributed by atoms with E-state index in [4.69, 9.17) is 0 Å². The minimum Gasteiger partial charge on any atom is -0.315 e. The fraction of sp³-hybridized carbons (Fsp3) is 1.00. The van der Waals surface area contributed by atoms with Gasteiger partial charge in [0.1, 0.15) is 0 Å². The highest BCUT2D eigenvalue weighted by atomic mass is 32.1. The van der Waals surface area contributed by atoms with E-state index in [1.807, 2.05) is 0 Å². The summed E-state index contributed by atoms with van der Waals surface area (Å²) in [6.07, 6.45) is 3.89. The molecule has 1 saturated heterocycles. The van der Waals surface area contributed by atoms with E-state index in [0.717, 1.165) is 11.8 Å². The van der Waals surface area contributed by atoms with E-state index < -0.39 is 0 Å². The molecule has 0 aromatic heterocycles. The Morgan fingerprint density at radius 1 is 1.58 bits per heavy atom. The van der Waals surface area contributed by atoms with Gasteiger partial charge in [-0.3, -0.25) is 0 Å². The molecule has 0 aliphatic carbocycles. The number of nitrogens with zero attached hydrogens (tertiary/aromatic N) is 1. The summed E-state index contributed by atoms with van der Waals surface area (Å²) in [7, 11) is 2.22. The summed E-state index contributed by atoms with van der Waals surface area (Å²) in [5.41, 5.74) is 0. The number of hydrogen-bond acceptors (Lipinski definition) is 3. The third kappa shape index (κ3) is 3.33. The molecule has 1 fully saturated rings. The van der Waals surface area contributed by atoms with Crippen molar-refractivity contribution in [2.24, 2.45) is 0 Å². The molecule has 0 amide bonds. The highest BCUT2D eigenvalue weighted by molar-refractivity contribution is 7.80. The van der Waals surface area contributed by atoms with Gasteiger partial charge in [-0.1, -0.05) is 0 Å². The van der Waals surface area contributed by atoms with Crippen molar-refractivity contribution >= 4 is 12.6 Å². The first-order chi connectivity index (χ1) is 5.84. The van der Waals surface area contributed by atoms with E-state index in [1.54, 1.807) is 0 Å². The second-order valence-electron chi connectivity index (χ2n) is 3.56. The molecule has 72 valence electrons. The Hall–Kier alpha value is 0.270. The van der Waals surface area contributed by atoms with Crippen molar-refractivity contribution in [2.75, 3.05) is 32.4 Å². The zero-order valence-corrected chi connectivity index (χ0v) is 8.82. The summed E-state index contributed by atoms with van der Waals surface area (Å²) in [5, 5.41) is 3.43. The molecule has 0 bridgehead atoms. The average molecular weight is 188 g/mol. The van der Waals surface area contributed by atoms with Crippen molar-refractivity contribution in [1.29, 1.82) is 0 Å². The first kappa shape index (κ1) is 10.4. The van der Waals surface area contributed by atoms with Crippen molar-refractivity contribution in [2.45, 2.75) is 25.3 Å². The van der Waals surface area contributed by atoms with Crippen molar-refractivity contribution in [1.82, 2.24) is 10.2 Å². The van der Waals surface area contributed by atoms with E-state index in [9.17, 15) is 0 Å². The van der Waals surface area contributed by atoms with Crippen LogP contribution in [-0.4, -0.2) is 43.4 Å². The lowest BCUT2D eigenvalue weighted by molar-refractivity contribution is 0.204. The Balaban J connectivity index is 2.15. The fourth-order valence-corrected chi connectivity index (χ4v) is 1.85. The fourth-order valence-electron chi connectivity index (χ4n) is 1.71. The van der Waals surface area contributed by atoms with Crippen LogP contribution in [0, 0.1) is 0 Å². The van der Waals surface area contributed by atoms with E-state index in [1.165, 1.54) is 38.9 Å². The van der Waals surface area contributed by atoms with Crippen LogP contribution < -0.4 is 5.32 Å². The summed E-state index contributed by atoms with van der Waals surface area (Å²) >= 11 is 4.22. The number of hydrogen-bond donors (Lipinski definition) is 2. The van der Waals surface area contributed by atoms with Crippen LogP contribution in [0.5, 0.6) is 0 Å². The minimum absolute atomic E-state index is 0.763. The van der Waals surface area contributed by atoms with Gasteiger partial charge in [-0.15, -0.1) is 0 Å². The summed E-state index contributed by atoms with van der Waals surface area (Å²) < 4.78 is 0. The van der Waals surface area contributed by atoms with Gasteiger partial charge in [0.15, 0.2) is 0 Å². The normalized spacial score (nSPS) is 24.8. The van der Waals surface area contributed by atoms with Gasteiger partial charge in [-0.25, -0.2) is 0 Å². The monoisotopic (exact) mass is 188 g/mol. The van der Waals surface area contributed by atoms with Gasteiger partial charge in [0, 0.05) is 12.6 Å². The van der Waals surface area contributed by atoms with Crippen molar-refractivity contribution in [3.63, 3.8) is 0 Å². The molecule has 3 heteroatoms. The number of likely N-dealkylation sites (N-methyl/N-ethyl adjacent to an activating group) is 1. The maximum atomic E-state index is 4.22. The first-order valence-corrected chi connectivity index (χ1v) is 5.49. The summed E-state index contributed by atoms with van der Waals surface area (Å²) in [4.78, 5) is 2.46. The SMILES string of the molecule is CN(CCCS)C1CCCNC1. The Bertz CT molecular complexity index is 113. The van der Waals surface area contributed by atoms with Crippen LogP contribution in [0.15, 0.2) is 0 Å². The van der Waals surface area contributed by atoms with Crippen LogP contribution in [0.3, 0.4) is 0 Å². The lowest BCUT2D eigenvalue weighted by Crippen LogP contribution is -2.44. The molecule has 1 N–H and O–H groups in total. The number of piperidine rings is 1. The average Bonchev–Trinajstić information content (AvgIpc) is 2.15. The molecule has 1 aliphatic rings. The molecule has 1 atom stereocenters. The van der Waals surface area contributed by atoms with E-state index in [-0.39, 0.29) is 0 Å². The predicted octanol–water partition coefficient (Wildman–Crippen LogP) is 0.990. The third-order valence-electron chi connectivity index (χ3n) is 2.56. The summed E-state index contributed by atoms with van der Waals surface area (Å²) in [6, 6.07) is 0.763. The second kappa shape index (κ2) is 5.84. The predicted molar refractivity (Wildman–Crippen MR) is 57.0 cm³/mol. The largest absolute Gasteiger partial charge is 0.315 e. The molecule has 0 radical (unpaired) electrons. The maximum absolute atomic E-state index is 4.22. The van der Waals surface area contributed by atoms with Crippen LogP contribution in [0.2, 0.25) is 0 Å². The molecule has 1 aliphatic heterocycles. The Morgan fingerprint density at radius 3 is 3.00 bits per heavy atom. The van der Waals surface area contributed by atoms with Crippen LogP contribution in [0.25, 0.3) is 0 Å². The van der Waals surface area contributed by atoms with Crippen molar-refractivity contribution in [3.8, 4) is 0 Å². The highest BCUT2D eigenvalue weighted by Crippen LogP contribution is 2.08. The second-order valence-corrected chi connectivity index (χ2v) is 4.01. The minimum atomic E-state index is 0.763. The summed E-state index contributed by atoms with van der Waals surface area (Å²) in [6.45, 7) is 3.57. The van der Waals surface area contributed by atoms with E-state index in [0.29, 0.717) is 0 Å². The number of rotatable bonds is 4. The lowest BCUT2D eigenvalue weighted by Gasteiger charge is -2.31. The molecule has 0 aromatic rings. The molecule has 0 saturated carbocycles. The molecule has 1 rings (SSSR count). The zero-order chi connectivity index (χ0) is 8.81. The highest BCUT2D eigenvalue weighted by Gasteiger charge is 2.16. The van der Waals surface area contributed by atoms with Crippen molar-refractivity contribution in [3.05, 3.63) is 0 Å². The van der Waals surface area contributed by atoms with Crippen LogP contribution in [-0.2, 0) is 0 Å². The van der Waals surface area contributed by atoms with Gasteiger partial charge < -0.3 is 10.2 Å². The smallest absolute Gasteiger partial charge is 0.0218 e. The van der Waals surface area contributed by atoms with Crippen LogP contribution in [0.1, 0.15) is 19.3 Å². The quantitative estimate of drug-likeness (QED) is 0.640. The van der Waals surface area contributed by atoms with Gasteiger partial charge in [0.2, 0.25) is 0 Å². The van der Waals surface area contributed by atoms with Crippen LogP contribution >= 0.6 is 12.6 Å². The van der Waals surface area contributed by atoms with Crippen molar-refractivity contribution < 1.29 is 0 Å².